The predicted molar refractivity (Wildman–Crippen MR) is 91.3 cm³/mol. The Balaban J connectivity index is 1.86. The molecule has 1 saturated heterocycles. The van der Waals surface area contributed by atoms with E-state index in [1.807, 2.05) is 6.07 Å². The lowest BCUT2D eigenvalue weighted by atomic mass is 10.0. The maximum Gasteiger partial charge on any atom is 0.133 e. The SMILES string of the molecule is CCCOc1ccc(C(Cl)CCC2CCCCO2)cc1Br. The second kappa shape index (κ2) is 9.02. The first-order valence-corrected chi connectivity index (χ1v) is 9.11. The van der Waals surface area contributed by atoms with Crippen molar-refractivity contribution in [1.29, 1.82) is 0 Å². The third kappa shape index (κ3) is 5.46. The molecule has 1 fully saturated rings. The van der Waals surface area contributed by atoms with Crippen molar-refractivity contribution in [2.75, 3.05) is 13.2 Å². The van der Waals surface area contributed by atoms with E-state index < -0.39 is 0 Å². The van der Waals surface area contributed by atoms with Gasteiger partial charge in [0, 0.05) is 6.61 Å². The summed E-state index contributed by atoms with van der Waals surface area (Å²) in [6.07, 6.45) is 7.06. The molecule has 0 radical (unpaired) electrons. The Bertz CT molecular complexity index is 433. The molecule has 2 unspecified atom stereocenters. The fourth-order valence-corrected chi connectivity index (χ4v) is 3.35. The van der Waals surface area contributed by atoms with E-state index >= 15 is 0 Å². The minimum absolute atomic E-state index is 0.0343. The number of hydrogen-bond acceptors (Lipinski definition) is 2. The molecule has 0 aliphatic carbocycles. The lowest BCUT2D eigenvalue weighted by molar-refractivity contribution is 0.0100. The Hall–Kier alpha value is -0.250. The lowest BCUT2D eigenvalue weighted by Gasteiger charge is -2.23. The number of ether oxygens (including phenoxy) is 2. The van der Waals surface area contributed by atoms with Gasteiger partial charge in [0.2, 0.25) is 0 Å². The summed E-state index contributed by atoms with van der Waals surface area (Å²) in [4.78, 5) is 0. The highest BCUT2D eigenvalue weighted by Gasteiger charge is 2.17. The third-order valence-corrected chi connectivity index (χ3v) is 4.89. The number of hydrogen-bond donors (Lipinski definition) is 0. The van der Waals surface area contributed by atoms with Crippen LogP contribution >= 0.6 is 27.5 Å². The van der Waals surface area contributed by atoms with E-state index in [0.29, 0.717) is 6.10 Å². The van der Waals surface area contributed by atoms with Crippen LogP contribution in [0.3, 0.4) is 0 Å². The van der Waals surface area contributed by atoms with Gasteiger partial charge in [-0.15, -0.1) is 11.6 Å². The van der Waals surface area contributed by atoms with Crippen LogP contribution in [0.4, 0.5) is 0 Å². The van der Waals surface area contributed by atoms with Gasteiger partial charge in [-0.1, -0.05) is 13.0 Å². The first-order valence-electron chi connectivity index (χ1n) is 7.88. The van der Waals surface area contributed by atoms with Crippen molar-refractivity contribution < 1.29 is 9.47 Å². The van der Waals surface area contributed by atoms with Crippen molar-refractivity contribution in [3.63, 3.8) is 0 Å². The van der Waals surface area contributed by atoms with Crippen LogP contribution in [0.25, 0.3) is 0 Å². The number of rotatable bonds is 7. The van der Waals surface area contributed by atoms with Crippen LogP contribution in [-0.4, -0.2) is 19.3 Å². The molecule has 0 spiro atoms. The van der Waals surface area contributed by atoms with E-state index in [0.717, 1.165) is 48.3 Å². The van der Waals surface area contributed by atoms with Crippen molar-refractivity contribution in [1.82, 2.24) is 0 Å². The molecule has 1 aliphatic rings. The van der Waals surface area contributed by atoms with Gasteiger partial charge >= 0.3 is 0 Å². The van der Waals surface area contributed by atoms with E-state index in [2.05, 4.69) is 35.0 Å². The van der Waals surface area contributed by atoms with Gasteiger partial charge in [0.05, 0.1) is 22.6 Å². The van der Waals surface area contributed by atoms with E-state index in [9.17, 15) is 0 Å². The monoisotopic (exact) mass is 374 g/mol. The Morgan fingerprint density at radius 1 is 1.43 bits per heavy atom. The molecule has 0 bridgehead atoms. The Morgan fingerprint density at radius 2 is 2.29 bits per heavy atom. The summed E-state index contributed by atoms with van der Waals surface area (Å²) < 4.78 is 12.4. The standard InChI is InChI=1S/C17H24BrClO2/c1-2-10-21-17-9-6-13(12-15(17)18)16(19)8-7-14-5-3-4-11-20-14/h6,9,12,14,16H,2-5,7-8,10-11H2,1H3. The van der Waals surface area contributed by atoms with E-state index in [1.54, 1.807) is 0 Å². The quantitative estimate of drug-likeness (QED) is 0.555. The molecule has 2 nitrogen and oxygen atoms in total. The number of alkyl halides is 1. The van der Waals surface area contributed by atoms with Gasteiger partial charge < -0.3 is 9.47 Å². The van der Waals surface area contributed by atoms with Crippen molar-refractivity contribution in [2.24, 2.45) is 0 Å². The molecule has 118 valence electrons. The smallest absolute Gasteiger partial charge is 0.133 e. The molecule has 21 heavy (non-hydrogen) atoms. The van der Waals surface area contributed by atoms with Crippen molar-refractivity contribution in [2.45, 2.75) is 56.9 Å². The molecule has 1 heterocycles. The first-order chi connectivity index (χ1) is 10.2. The highest BCUT2D eigenvalue weighted by atomic mass is 79.9. The highest BCUT2D eigenvalue weighted by molar-refractivity contribution is 9.10. The lowest BCUT2D eigenvalue weighted by Crippen LogP contribution is -2.19. The van der Waals surface area contributed by atoms with Crippen LogP contribution in [0.15, 0.2) is 22.7 Å². The predicted octanol–water partition coefficient (Wildman–Crippen LogP) is 5.87. The molecule has 1 aliphatic heterocycles. The van der Waals surface area contributed by atoms with Gasteiger partial charge in [-0.25, -0.2) is 0 Å². The molecule has 4 heteroatoms. The molecule has 0 aromatic heterocycles. The summed E-state index contributed by atoms with van der Waals surface area (Å²) in [5.41, 5.74) is 1.14. The zero-order valence-electron chi connectivity index (χ0n) is 12.6. The van der Waals surface area contributed by atoms with Gasteiger partial charge in [-0.3, -0.25) is 0 Å². The summed E-state index contributed by atoms with van der Waals surface area (Å²) in [7, 11) is 0. The summed E-state index contributed by atoms with van der Waals surface area (Å²) in [6, 6.07) is 6.14. The van der Waals surface area contributed by atoms with Crippen LogP contribution in [0, 0.1) is 0 Å². The maximum absolute atomic E-state index is 6.54. The molecule has 2 rings (SSSR count). The van der Waals surface area contributed by atoms with Crippen LogP contribution in [0.5, 0.6) is 5.75 Å². The fraction of sp³-hybridized carbons (Fsp3) is 0.647. The van der Waals surface area contributed by atoms with Gasteiger partial charge in [0.25, 0.3) is 0 Å². The van der Waals surface area contributed by atoms with Gasteiger partial charge in [0.15, 0.2) is 0 Å². The Morgan fingerprint density at radius 3 is 2.95 bits per heavy atom. The Labute approximate surface area is 141 Å². The minimum atomic E-state index is 0.0343. The average Bonchev–Trinajstić information content (AvgIpc) is 2.52. The zero-order valence-corrected chi connectivity index (χ0v) is 15.0. The number of benzene rings is 1. The summed E-state index contributed by atoms with van der Waals surface area (Å²) in [6.45, 7) is 3.75. The molecule has 0 amide bonds. The highest BCUT2D eigenvalue weighted by Crippen LogP contribution is 2.34. The summed E-state index contributed by atoms with van der Waals surface area (Å²) in [5, 5.41) is 0.0343. The van der Waals surface area contributed by atoms with Crippen LogP contribution in [0.2, 0.25) is 0 Å². The number of halogens is 2. The van der Waals surface area contributed by atoms with E-state index in [4.69, 9.17) is 21.1 Å². The largest absolute Gasteiger partial charge is 0.492 e. The van der Waals surface area contributed by atoms with Gasteiger partial charge in [-0.2, -0.15) is 0 Å². The van der Waals surface area contributed by atoms with Crippen LogP contribution < -0.4 is 4.74 Å². The normalized spacial score (nSPS) is 20.2. The molecule has 0 saturated carbocycles. The van der Waals surface area contributed by atoms with Gasteiger partial charge in [0.1, 0.15) is 5.75 Å². The van der Waals surface area contributed by atoms with Crippen molar-refractivity contribution in [3.05, 3.63) is 28.2 Å². The molecule has 1 aromatic carbocycles. The van der Waals surface area contributed by atoms with Crippen molar-refractivity contribution >= 4 is 27.5 Å². The minimum Gasteiger partial charge on any atom is -0.492 e. The van der Waals surface area contributed by atoms with Crippen LogP contribution in [-0.2, 0) is 4.74 Å². The maximum atomic E-state index is 6.54. The molecular weight excluding hydrogens is 352 g/mol. The first kappa shape index (κ1) is 17.1. The zero-order chi connectivity index (χ0) is 15.1. The Kier molecular flexibility index (Phi) is 7.35. The molecule has 2 atom stereocenters. The fourth-order valence-electron chi connectivity index (χ4n) is 2.57. The summed E-state index contributed by atoms with van der Waals surface area (Å²) in [5.74, 6) is 0.889. The van der Waals surface area contributed by atoms with Gasteiger partial charge in [-0.05, 0) is 72.2 Å². The third-order valence-electron chi connectivity index (χ3n) is 3.80. The average molecular weight is 376 g/mol. The van der Waals surface area contributed by atoms with E-state index in [-0.39, 0.29) is 5.38 Å². The van der Waals surface area contributed by atoms with Crippen molar-refractivity contribution in [3.8, 4) is 5.75 Å². The molecule has 1 aromatic rings. The molecular formula is C17H24BrClO2. The second-order valence-electron chi connectivity index (χ2n) is 5.57. The molecule has 0 N–H and O–H groups in total. The van der Waals surface area contributed by atoms with E-state index in [1.165, 1.54) is 19.3 Å². The topological polar surface area (TPSA) is 18.5 Å². The second-order valence-corrected chi connectivity index (χ2v) is 6.95. The summed E-state index contributed by atoms with van der Waals surface area (Å²) >= 11 is 10.1. The van der Waals surface area contributed by atoms with Crippen LogP contribution in [0.1, 0.15) is 56.4 Å².